The predicted molar refractivity (Wildman–Crippen MR) is 126 cm³/mol. The van der Waals surface area contributed by atoms with E-state index in [2.05, 4.69) is 30.1 Å². The number of carbonyl (C=O) groups is 2. The fourth-order valence-electron chi connectivity index (χ4n) is 4.45. The molecule has 7 heteroatoms. The standard InChI is InChI=1S/C25H25ClFN3O2/c1-5-30-22-12-20(27)17(10-19(22)15(2)13-25(30,3)4)11-21-23(31)29(24(32)28-21)14-16-6-8-18(26)9-7-16/h6-13H,5,14H2,1-4H3,(H,28,32)/b21-11+. The molecule has 4 rings (SSSR count). The van der Waals surface area contributed by atoms with Gasteiger partial charge in [-0.3, -0.25) is 9.69 Å². The molecule has 0 spiro atoms. The first kappa shape index (κ1) is 22.1. The molecule has 1 N–H and O–H groups in total. The van der Waals surface area contributed by atoms with Gasteiger partial charge in [-0.15, -0.1) is 0 Å². The number of anilines is 1. The van der Waals surface area contributed by atoms with Crippen LogP contribution in [-0.4, -0.2) is 28.9 Å². The van der Waals surface area contributed by atoms with Crippen molar-refractivity contribution in [2.75, 3.05) is 11.4 Å². The van der Waals surface area contributed by atoms with E-state index in [0.717, 1.165) is 33.8 Å². The van der Waals surface area contributed by atoms with Crippen molar-refractivity contribution in [2.24, 2.45) is 0 Å². The molecule has 0 unspecified atom stereocenters. The van der Waals surface area contributed by atoms with Gasteiger partial charge < -0.3 is 10.2 Å². The number of allylic oxidation sites excluding steroid dienone is 1. The van der Waals surface area contributed by atoms with Gasteiger partial charge in [-0.25, -0.2) is 9.18 Å². The van der Waals surface area contributed by atoms with E-state index in [0.29, 0.717) is 5.02 Å². The van der Waals surface area contributed by atoms with Gasteiger partial charge in [0.15, 0.2) is 0 Å². The Morgan fingerprint density at radius 2 is 1.84 bits per heavy atom. The number of benzene rings is 2. The number of nitrogens with one attached hydrogen (secondary N) is 1. The Bertz CT molecular complexity index is 1170. The van der Waals surface area contributed by atoms with E-state index in [4.69, 9.17) is 11.6 Å². The number of carbonyl (C=O) groups excluding carboxylic acids is 2. The average molecular weight is 454 g/mol. The summed E-state index contributed by atoms with van der Waals surface area (Å²) < 4.78 is 15.1. The van der Waals surface area contributed by atoms with Gasteiger partial charge in [0, 0.05) is 28.4 Å². The van der Waals surface area contributed by atoms with Gasteiger partial charge >= 0.3 is 6.03 Å². The summed E-state index contributed by atoms with van der Waals surface area (Å²) in [6, 6.07) is 9.62. The fourth-order valence-corrected chi connectivity index (χ4v) is 4.57. The molecule has 3 amide bonds. The molecular formula is C25H25ClFN3O2. The molecule has 0 aromatic heterocycles. The third-order valence-corrected chi connectivity index (χ3v) is 6.18. The first-order valence-corrected chi connectivity index (χ1v) is 10.9. The van der Waals surface area contributed by atoms with E-state index < -0.39 is 17.8 Å². The van der Waals surface area contributed by atoms with Crippen LogP contribution >= 0.6 is 11.6 Å². The van der Waals surface area contributed by atoms with E-state index >= 15 is 4.39 Å². The molecule has 2 aliphatic rings. The molecule has 5 nitrogen and oxygen atoms in total. The normalized spacial score (nSPS) is 18.7. The van der Waals surface area contributed by atoms with E-state index in [9.17, 15) is 9.59 Å². The van der Waals surface area contributed by atoms with Crippen molar-refractivity contribution in [3.05, 3.63) is 75.7 Å². The molecule has 0 atom stereocenters. The van der Waals surface area contributed by atoms with E-state index in [-0.39, 0.29) is 23.3 Å². The second-order valence-corrected chi connectivity index (χ2v) is 9.06. The molecule has 166 valence electrons. The molecule has 0 saturated carbocycles. The van der Waals surface area contributed by atoms with Crippen molar-refractivity contribution >= 4 is 40.9 Å². The summed E-state index contributed by atoms with van der Waals surface area (Å²) in [6.07, 6.45) is 3.56. The lowest BCUT2D eigenvalue weighted by atomic mass is 9.88. The first-order valence-electron chi connectivity index (χ1n) is 10.5. The summed E-state index contributed by atoms with van der Waals surface area (Å²) in [5.74, 6) is -0.941. The molecule has 2 aromatic carbocycles. The van der Waals surface area contributed by atoms with Gasteiger partial charge in [0.25, 0.3) is 5.91 Å². The van der Waals surface area contributed by atoms with Crippen LogP contribution in [0.2, 0.25) is 5.02 Å². The number of amides is 3. The molecule has 2 heterocycles. The second kappa shape index (κ2) is 8.10. The largest absolute Gasteiger partial charge is 0.363 e. The van der Waals surface area contributed by atoms with Crippen LogP contribution in [-0.2, 0) is 11.3 Å². The minimum Gasteiger partial charge on any atom is -0.363 e. The van der Waals surface area contributed by atoms with Gasteiger partial charge in [-0.2, -0.15) is 0 Å². The lowest BCUT2D eigenvalue weighted by Crippen LogP contribution is -2.45. The quantitative estimate of drug-likeness (QED) is 0.484. The van der Waals surface area contributed by atoms with Crippen molar-refractivity contribution in [1.29, 1.82) is 0 Å². The number of likely N-dealkylation sites (N-methyl/N-ethyl adjacent to an activating group) is 1. The topological polar surface area (TPSA) is 52.7 Å². The molecule has 1 fully saturated rings. The molecule has 2 aliphatic heterocycles. The van der Waals surface area contributed by atoms with Crippen molar-refractivity contribution < 1.29 is 14.0 Å². The maximum atomic E-state index is 15.1. The maximum absolute atomic E-state index is 15.1. The van der Waals surface area contributed by atoms with Crippen LogP contribution in [0, 0.1) is 5.82 Å². The molecule has 0 bridgehead atoms. The Morgan fingerprint density at radius 3 is 2.50 bits per heavy atom. The molecular weight excluding hydrogens is 429 g/mol. The molecule has 0 radical (unpaired) electrons. The van der Waals surface area contributed by atoms with Crippen LogP contribution in [0.25, 0.3) is 11.6 Å². The summed E-state index contributed by atoms with van der Waals surface area (Å²) >= 11 is 5.90. The Labute approximate surface area is 192 Å². The number of nitrogens with zero attached hydrogens (tertiary/aromatic N) is 2. The Kier molecular flexibility index (Phi) is 5.59. The van der Waals surface area contributed by atoms with Crippen molar-refractivity contribution in [1.82, 2.24) is 10.2 Å². The Balaban J connectivity index is 1.66. The monoisotopic (exact) mass is 453 g/mol. The van der Waals surface area contributed by atoms with E-state index in [1.807, 2.05) is 13.8 Å². The van der Waals surface area contributed by atoms with Crippen molar-refractivity contribution in [2.45, 2.75) is 39.8 Å². The van der Waals surface area contributed by atoms with Crippen molar-refractivity contribution in [3.8, 4) is 0 Å². The summed E-state index contributed by atoms with van der Waals surface area (Å²) in [5, 5.41) is 3.14. The SMILES string of the molecule is CCN1c2cc(F)c(/C=C3/NC(=O)N(Cc4ccc(Cl)cc4)C3=O)cc2C(C)=CC1(C)C. The van der Waals surface area contributed by atoms with Crippen LogP contribution in [0.4, 0.5) is 14.9 Å². The number of hydrogen-bond acceptors (Lipinski definition) is 3. The smallest absolute Gasteiger partial charge is 0.329 e. The first-order chi connectivity index (χ1) is 15.1. The maximum Gasteiger partial charge on any atom is 0.329 e. The number of urea groups is 1. The summed E-state index contributed by atoms with van der Waals surface area (Å²) in [7, 11) is 0. The van der Waals surface area contributed by atoms with Crippen molar-refractivity contribution in [3.63, 3.8) is 0 Å². The zero-order valence-electron chi connectivity index (χ0n) is 18.5. The minimum absolute atomic E-state index is 0.0490. The number of fused-ring (bicyclic) bond motifs is 1. The average Bonchev–Trinajstić information content (AvgIpc) is 2.98. The van der Waals surface area contributed by atoms with E-state index in [1.165, 1.54) is 12.1 Å². The third-order valence-electron chi connectivity index (χ3n) is 5.93. The summed E-state index contributed by atoms with van der Waals surface area (Å²) in [4.78, 5) is 28.5. The number of halogens is 2. The van der Waals surface area contributed by atoms with E-state index in [1.54, 1.807) is 30.3 Å². The Hall–Kier alpha value is -3.12. The van der Waals surface area contributed by atoms with Crippen LogP contribution < -0.4 is 10.2 Å². The molecule has 1 saturated heterocycles. The number of rotatable bonds is 4. The van der Waals surface area contributed by atoms with Gasteiger partial charge in [0.2, 0.25) is 0 Å². The number of hydrogen-bond donors (Lipinski definition) is 1. The molecule has 2 aromatic rings. The summed E-state index contributed by atoms with van der Waals surface area (Å²) in [5.41, 5.74) is 3.62. The minimum atomic E-state index is -0.537. The predicted octanol–water partition coefficient (Wildman–Crippen LogP) is 5.59. The van der Waals surface area contributed by atoms with Gasteiger partial charge in [0.1, 0.15) is 11.5 Å². The zero-order valence-corrected chi connectivity index (χ0v) is 19.3. The second-order valence-electron chi connectivity index (χ2n) is 8.62. The highest BCUT2D eigenvalue weighted by molar-refractivity contribution is 6.30. The highest BCUT2D eigenvalue weighted by atomic mass is 35.5. The highest BCUT2D eigenvalue weighted by Crippen LogP contribution is 2.40. The van der Waals surface area contributed by atoms with Crippen LogP contribution in [0.5, 0.6) is 0 Å². The van der Waals surface area contributed by atoms with Gasteiger partial charge in [-0.05, 0) is 69.2 Å². The third kappa shape index (κ3) is 3.91. The molecule has 32 heavy (non-hydrogen) atoms. The highest BCUT2D eigenvalue weighted by Gasteiger charge is 2.34. The molecule has 0 aliphatic carbocycles. The lowest BCUT2D eigenvalue weighted by Gasteiger charge is -2.42. The van der Waals surface area contributed by atoms with Crippen LogP contribution in [0.1, 0.15) is 44.4 Å². The Morgan fingerprint density at radius 1 is 1.16 bits per heavy atom. The fraction of sp³-hybridized carbons (Fsp3) is 0.280. The van der Waals surface area contributed by atoms with Gasteiger partial charge in [0.05, 0.1) is 12.1 Å². The number of imide groups is 1. The lowest BCUT2D eigenvalue weighted by molar-refractivity contribution is -0.123. The van der Waals surface area contributed by atoms with Crippen LogP contribution in [0.3, 0.4) is 0 Å². The summed E-state index contributed by atoms with van der Waals surface area (Å²) in [6.45, 7) is 9.07. The van der Waals surface area contributed by atoms with Crippen LogP contribution in [0.15, 0.2) is 48.2 Å². The van der Waals surface area contributed by atoms with Gasteiger partial charge in [-0.1, -0.05) is 29.8 Å². The zero-order chi connectivity index (χ0) is 23.2.